The summed E-state index contributed by atoms with van der Waals surface area (Å²) in [7, 11) is 0. The summed E-state index contributed by atoms with van der Waals surface area (Å²) in [6.07, 6.45) is 1.30. The number of hydrogen-bond donors (Lipinski definition) is 1. The molecular formula is C16H21NO4. The van der Waals surface area contributed by atoms with Gasteiger partial charge in [-0.2, -0.15) is 0 Å². The number of rotatable bonds is 5. The van der Waals surface area contributed by atoms with E-state index in [4.69, 9.17) is 9.84 Å². The Morgan fingerprint density at radius 1 is 1.33 bits per heavy atom. The highest BCUT2D eigenvalue weighted by atomic mass is 16.5. The molecule has 1 fully saturated rings. The van der Waals surface area contributed by atoms with E-state index in [1.807, 2.05) is 26.0 Å². The molecule has 0 bridgehead atoms. The molecular weight excluding hydrogens is 270 g/mol. The third-order valence-corrected chi connectivity index (χ3v) is 3.83. The Morgan fingerprint density at radius 3 is 2.57 bits per heavy atom. The van der Waals surface area contributed by atoms with Crippen LogP contribution >= 0.6 is 0 Å². The average molecular weight is 291 g/mol. The predicted octanol–water partition coefficient (Wildman–Crippen LogP) is 2.23. The van der Waals surface area contributed by atoms with Gasteiger partial charge in [0.2, 0.25) is 5.91 Å². The zero-order chi connectivity index (χ0) is 15.4. The summed E-state index contributed by atoms with van der Waals surface area (Å²) in [6.45, 7) is 4.16. The van der Waals surface area contributed by atoms with Crippen LogP contribution in [0.15, 0.2) is 24.3 Å². The van der Waals surface area contributed by atoms with Crippen LogP contribution in [-0.2, 0) is 14.3 Å². The number of carbonyl (C=O) groups is 2. The number of ether oxygens (including phenoxy) is 1. The van der Waals surface area contributed by atoms with E-state index >= 15 is 0 Å². The molecule has 1 amide bonds. The van der Waals surface area contributed by atoms with Crippen molar-refractivity contribution in [3.05, 3.63) is 29.8 Å². The minimum Gasteiger partial charge on any atom is -0.480 e. The van der Waals surface area contributed by atoms with Crippen LogP contribution < -0.4 is 4.90 Å². The second-order valence-electron chi connectivity index (χ2n) is 5.37. The first-order chi connectivity index (χ1) is 10.0. The van der Waals surface area contributed by atoms with Gasteiger partial charge in [-0.1, -0.05) is 24.6 Å². The number of amides is 1. The fraction of sp³-hybridized carbons (Fsp3) is 0.500. The van der Waals surface area contributed by atoms with Gasteiger partial charge in [-0.15, -0.1) is 0 Å². The third kappa shape index (κ3) is 3.61. The number of nitrogens with zero attached hydrogens (tertiary/aromatic N) is 1. The molecule has 5 nitrogen and oxygen atoms in total. The molecule has 1 aromatic carbocycles. The first-order valence-corrected chi connectivity index (χ1v) is 7.24. The van der Waals surface area contributed by atoms with Gasteiger partial charge >= 0.3 is 5.97 Å². The minimum atomic E-state index is -1.02. The number of aryl methyl sites for hydroxylation is 1. The van der Waals surface area contributed by atoms with Gasteiger partial charge in [0, 0.05) is 12.3 Å². The van der Waals surface area contributed by atoms with Crippen LogP contribution in [0.2, 0.25) is 0 Å². The lowest BCUT2D eigenvalue weighted by molar-refractivity contribution is -0.137. The van der Waals surface area contributed by atoms with E-state index in [-0.39, 0.29) is 24.5 Å². The van der Waals surface area contributed by atoms with Crippen LogP contribution in [0.25, 0.3) is 0 Å². The molecule has 0 saturated carbocycles. The van der Waals surface area contributed by atoms with Gasteiger partial charge in [0.1, 0.15) is 6.54 Å². The van der Waals surface area contributed by atoms with Gasteiger partial charge in [-0.05, 0) is 31.9 Å². The number of hydrogen-bond acceptors (Lipinski definition) is 3. The van der Waals surface area contributed by atoms with Gasteiger partial charge in [0.15, 0.2) is 0 Å². The Hall–Kier alpha value is -1.88. The Bertz CT molecular complexity index is 512. The number of carboxylic acids is 1. The van der Waals surface area contributed by atoms with Crippen LogP contribution in [0.5, 0.6) is 0 Å². The maximum Gasteiger partial charge on any atom is 0.323 e. The van der Waals surface area contributed by atoms with Gasteiger partial charge in [0.25, 0.3) is 0 Å². The van der Waals surface area contributed by atoms with E-state index in [9.17, 15) is 9.59 Å². The summed E-state index contributed by atoms with van der Waals surface area (Å²) >= 11 is 0. The lowest BCUT2D eigenvalue weighted by Gasteiger charge is -2.26. The maximum atomic E-state index is 12.7. The maximum absolute atomic E-state index is 12.7. The topological polar surface area (TPSA) is 66.8 Å². The van der Waals surface area contributed by atoms with Crippen molar-refractivity contribution in [2.45, 2.75) is 32.8 Å². The molecule has 2 atom stereocenters. The summed E-state index contributed by atoms with van der Waals surface area (Å²) in [4.78, 5) is 25.2. The van der Waals surface area contributed by atoms with Gasteiger partial charge in [0.05, 0.1) is 12.0 Å². The lowest BCUT2D eigenvalue weighted by Crippen LogP contribution is -2.42. The molecule has 1 N–H and O–H groups in total. The largest absolute Gasteiger partial charge is 0.480 e. The monoisotopic (exact) mass is 291 g/mol. The molecule has 2 unspecified atom stereocenters. The van der Waals surface area contributed by atoms with E-state index < -0.39 is 5.97 Å². The van der Waals surface area contributed by atoms with Crippen LogP contribution in [0, 0.1) is 12.8 Å². The number of anilines is 1. The molecule has 1 aromatic rings. The van der Waals surface area contributed by atoms with Crippen molar-refractivity contribution in [1.29, 1.82) is 0 Å². The van der Waals surface area contributed by atoms with Gasteiger partial charge in [-0.25, -0.2) is 0 Å². The molecule has 1 aliphatic heterocycles. The summed E-state index contributed by atoms with van der Waals surface area (Å²) in [5.41, 5.74) is 1.69. The normalized spacial score (nSPS) is 21.2. The average Bonchev–Trinajstić information content (AvgIpc) is 2.93. The van der Waals surface area contributed by atoms with E-state index in [1.54, 1.807) is 12.1 Å². The summed E-state index contributed by atoms with van der Waals surface area (Å²) in [5.74, 6) is -1.43. The molecule has 1 aliphatic rings. The van der Waals surface area contributed by atoms with Crippen molar-refractivity contribution < 1.29 is 19.4 Å². The number of aliphatic carboxylic acids is 1. The van der Waals surface area contributed by atoms with Crippen molar-refractivity contribution in [2.75, 3.05) is 18.1 Å². The van der Waals surface area contributed by atoms with E-state index in [1.165, 1.54) is 4.90 Å². The zero-order valence-corrected chi connectivity index (χ0v) is 12.4. The second-order valence-corrected chi connectivity index (χ2v) is 5.37. The molecule has 0 radical (unpaired) electrons. The zero-order valence-electron chi connectivity index (χ0n) is 12.4. The quantitative estimate of drug-likeness (QED) is 0.903. The molecule has 114 valence electrons. The lowest BCUT2D eigenvalue weighted by atomic mass is 9.97. The minimum absolute atomic E-state index is 0.112. The Morgan fingerprint density at radius 2 is 2.00 bits per heavy atom. The number of carbonyl (C=O) groups excluding carboxylic acids is 1. The van der Waals surface area contributed by atoms with Crippen molar-refractivity contribution in [3.8, 4) is 0 Å². The van der Waals surface area contributed by atoms with Crippen LogP contribution in [0.3, 0.4) is 0 Å². The Kier molecular flexibility index (Phi) is 4.96. The molecule has 0 aromatic heterocycles. The van der Waals surface area contributed by atoms with E-state index in [2.05, 4.69) is 0 Å². The van der Waals surface area contributed by atoms with Crippen LogP contribution in [0.4, 0.5) is 5.69 Å². The van der Waals surface area contributed by atoms with Crippen molar-refractivity contribution >= 4 is 17.6 Å². The SMILES string of the molecule is CCC1OCCC1C(=O)N(CC(=O)O)c1ccc(C)cc1. The van der Waals surface area contributed by atoms with Gasteiger partial charge < -0.3 is 14.7 Å². The Balaban J connectivity index is 2.24. The fourth-order valence-electron chi connectivity index (χ4n) is 2.69. The number of benzene rings is 1. The summed E-state index contributed by atoms with van der Waals surface area (Å²) in [5, 5.41) is 9.09. The van der Waals surface area contributed by atoms with Crippen LogP contribution in [0.1, 0.15) is 25.3 Å². The van der Waals surface area contributed by atoms with Gasteiger partial charge in [-0.3, -0.25) is 9.59 Å². The third-order valence-electron chi connectivity index (χ3n) is 3.83. The Labute approximate surface area is 124 Å². The van der Waals surface area contributed by atoms with Crippen LogP contribution in [-0.4, -0.2) is 36.2 Å². The van der Waals surface area contributed by atoms with Crippen molar-refractivity contribution in [3.63, 3.8) is 0 Å². The smallest absolute Gasteiger partial charge is 0.323 e. The first-order valence-electron chi connectivity index (χ1n) is 7.24. The second kappa shape index (κ2) is 6.72. The van der Waals surface area contributed by atoms with E-state index in [0.717, 1.165) is 12.0 Å². The highest BCUT2D eigenvalue weighted by molar-refractivity contribution is 5.99. The van der Waals surface area contributed by atoms with Crippen molar-refractivity contribution in [2.24, 2.45) is 5.92 Å². The molecule has 0 aliphatic carbocycles. The molecule has 0 spiro atoms. The first kappa shape index (κ1) is 15.5. The fourth-order valence-corrected chi connectivity index (χ4v) is 2.69. The standard InChI is InChI=1S/C16H21NO4/c1-3-14-13(8-9-21-14)16(20)17(10-15(18)19)12-6-4-11(2)5-7-12/h4-7,13-14H,3,8-10H2,1-2H3,(H,18,19). The molecule has 2 rings (SSSR count). The highest BCUT2D eigenvalue weighted by Gasteiger charge is 2.36. The molecule has 1 saturated heterocycles. The molecule has 5 heteroatoms. The highest BCUT2D eigenvalue weighted by Crippen LogP contribution is 2.27. The predicted molar refractivity (Wildman–Crippen MR) is 79.3 cm³/mol. The summed E-state index contributed by atoms with van der Waals surface area (Å²) in [6, 6.07) is 7.32. The summed E-state index contributed by atoms with van der Waals surface area (Å²) < 4.78 is 5.55. The van der Waals surface area contributed by atoms with Crippen molar-refractivity contribution in [1.82, 2.24) is 0 Å². The molecule has 21 heavy (non-hydrogen) atoms. The van der Waals surface area contributed by atoms with E-state index in [0.29, 0.717) is 18.7 Å². The molecule has 1 heterocycles. The number of carboxylic acid groups (broad SMARTS) is 1.